The van der Waals surface area contributed by atoms with E-state index in [9.17, 15) is 34.2 Å². The van der Waals surface area contributed by atoms with Gasteiger partial charge in [0, 0.05) is 42.3 Å². The van der Waals surface area contributed by atoms with E-state index in [1.54, 1.807) is 54.7 Å². The highest BCUT2D eigenvalue weighted by atomic mass is 16.4. The minimum absolute atomic E-state index is 0.0998. The van der Waals surface area contributed by atoms with Crippen LogP contribution >= 0.6 is 0 Å². The van der Waals surface area contributed by atoms with Crippen LogP contribution in [-0.2, 0) is 15.1 Å². The van der Waals surface area contributed by atoms with Gasteiger partial charge in [0.2, 0.25) is 0 Å². The molecule has 242 valence electrons. The third-order valence-electron chi connectivity index (χ3n) is 9.21. The van der Waals surface area contributed by atoms with E-state index in [0.717, 1.165) is 10.3 Å². The first-order chi connectivity index (χ1) is 21.9. The number of hydrogen-bond donors (Lipinski definition) is 5. The topological polar surface area (TPSA) is 226 Å². The standard InChI is InChI=1S/C32H37N7O7/c33-28-24-17-21(4-3-20(24)9-12-36-28)29(44)38(18-27(42)43)23-7-5-22(6-8-23)32(11-1-2-13-39(32)31(35)46)25-15-19(16-26(40)41)10-14-37(25)30(34)45/h3-9,12,17,19,25H,1-2,10-11,13-16,18H2,(H2,33,36)(H2,34,45)(H2,35,46)(H,40,41)(H,42,43). The van der Waals surface area contributed by atoms with E-state index in [0.29, 0.717) is 43.2 Å². The number of anilines is 2. The number of piperidine rings is 2. The van der Waals surface area contributed by atoms with Crippen molar-refractivity contribution in [2.45, 2.75) is 50.1 Å². The second-order valence-electron chi connectivity index (χ2n) is 11.9. The number of carboxylic acid groups (broad SMARTS) is 2. The number of urea groups is 2. The van der Waals surface area contributed by atoms with Crippen molar-refractivity contribution < 1.29 is 34.2 Å². The van der Waals surface area contributed by atoms with Crippen molar-refractivity contribution in [3.8, 4) is 0 Å². The maximum Gasteiger partial charge on any atom is 0.323 e. The first-order valence-electron chi connectivity index (χ1n) is 15.1. The molecule has 14 heteroatoms. The number of aromatic nitrogens is 1. The molecule has 1 aromatic heterocycles. The minimum Gasteiger partial charge on any atom is -0.481 e. The number of carboxylic acids is 2. The Morgan fingerprint density at radius 3 is 2.33 bits per heavy atom. The first kappa shape index (κ1) is 32.0. The van der Waals surface area contributed by atoms with Gasteiger partial charge in [0.25, 0.3) is 5.91 Å². The lowest BCUT2D eigenvalue weighted by molar-refractivity contribution is -0.139. The second kappa shape index (κ2) is 12.9. The summed E-state index contributed by atoms with van der Waals surface area (Å²) in [5.41, 5.74) is 17.8. The van der Waals surface area contributed by atoms with Crippen LogP contribution in [0.5, 0.6) is 0 Å². The van der Waals surface area contributed by atoms with Crippen molar-refractivity contribution in [3.63, 3.8) is 0 Å². The van der Waals surface area contributed by atoms with Crippen molar-refractivity contribution in [2.75, 3.05) is 30.3 Å². The third kappa shape index (κ3) is 6.10. The summed E-state index contributed by atoms with van der Waals surface area (Å²) in [4.78, 5) is 71.2. The highest BCUT2D eigenvalue weighted by Gasteiger charge is 2.53. The van der Waals surface area contributed by atoms with E-state index in [2.05, 4.69) is 4.98 Å². The summed E-state index contributed by atoms with van der Waals surface area (Å²) in [7, 11) is 0. The van der Waals surface area contributed by atoms with Crippen molar-refractivity contribution >= 4 is 52.2 Å². The lowest BCUT2D eigenvalue weighted by atomic mass is 9.69. The zero-order valence-electron chi connectivity index (χ0n) is 25.2. The summed E-state index contributed by atoms with van der Waals surface area (Å²) >= 11 is 0. The predicted molar refractivity (Wildman–Crippen MR) is 169 cm³/mol. The molecular formula is C32H37N7O7. The molecule has 0 radical (unpaired) electrons. The molecule has 0 bridgehead atoms. The van der Waals surface area contributed by atoms with Crippen LogP contribution in [0.25, 0.3) is 10.8 Å². The Morgan fingerprint density at radius 2 is 1.67 bits per heavy atom. The molecule has 0 saturated carbocycles. The van der Waals surface area contributed by atoms with E-state index < -0.39 is 48.0 Å². The molecule has 46 heavy (non-hydrogen) atoms. The van der Waals surface area contributed by atoms with Crippen LogP contribution in [0.3, 0.4) is 0 Å². The highest BCUT2D eigenvalue weighted by molar-refractivity contribution is 6.10. The fourth-order valence-corrected chi connectivity index (χ4v) is 7.16. The van der Waals surface area contributed by atoms with Crippen LogP contribution in [0, 0.1) is 5.92 Å². The van der Waals surface area contributed by atoms with Gasteiger partial charge >= 0.3 is 24.0 Å². The number of hydrogen-bond acceptors (Lipinski definition) is 7. The largest absolute Gasteiger partial charge is 0.481 e. The van der Waals surface area contributed by atoms with Gasteiger partial charge < -0.3 is 37.2 Å². The molecule has 2 aliphatic rings. The number of pyridine rings is 1. The molecule has 3 aromatic rings. The maximum absolute atomic E-state index is 13.7. The fourth-order valence-electron chi connectivity index (χ4n) is 7.16. The number of nitrogens with two attached hydrogens (primary N) is 3. The fraction of sp³-hybridized carbons (Fsp3) is 0.375. The first-order valence-corrected chi connectivity index (χ1v) is 15.1. The van der Waals surface area contributed by atoms with Gasteiger partial charge in [0.05, 0.1) is 11.6 Å². The van der Waals surface area contributed by atoms with Crippen LogP contribution in [0.2, 0.25) is 0 Å². The Balaban J connectivity index is 1.57. The van der Waals surface area contributed by atoms with E-state index in [4.69, 9.17) is 17.2 Å². The molecule has 3 atom stereocenters. The van der Waals surface area contributed by atoms with Gasteiger partial charge in [0.15, 0.2) is 0 Å². The van der Waals surface area contributed by atoms with E-state index in [1.807, 2.05) is 0 Å². The van der Waals surface area contributed by atoms with Gasteiger partial charge in [-0.25, -0.2) is 14.6 Å². The minimum atomic E-state index is -1.23. The van der Waals surface area contributed by atoms with Crippen molar-refractivity contribution in [2.24, 2.45) is 17.4 Å². The number of amides is 5. The lowest BCUT2D eigenvalue weighted by Crippen LogP contribution is -2.67. The van der Waals surface area contributed by atoms with Gasteiger partial charge in [-0.1, -0.05) is 18.2 Å². The summed E-state index contributed by atoms with van der Waals surface area (Å²) in [6.45, 7) is -0.101. The van der Waals surface area contributed by atoms with Gasteiger partial charge in [-0.05, 0) is 79.3 Å². The van der Waals surface area contributed by atoms with Gasteiger partial charge in [0.1, 0.15) is 12.4 Å². The third-order valence-corrected chi connectivity index (χ3v) is 9.21. The highest BCUT2D eigenvalue weighted by Crippen LogP contribution is 2.47. The van der Waals surface area contributed by atoms with Gasteiger partial charge in [-0.2, -0.15) is 0 Å². The van der Waals surface area contributed by atoms with Crippen LogP contribution < -0.4 is 22.1 Å². The number of nitrogen functional groups attached to an aromatic ring is 1. The number of nitrogens with zero attached hydrogens (tertiary/aromatic N) is 4. The SMILES string of the molecule is NC(=O)N1CCC(CC(=O)O)CC1C1(c2ccc(N(CC(=O)O)C(=O)c3ccc4ccnc(N)c4c3)cc2)CCCCN1C(N)=O. The molecule has 3 unspecified atom stereocenters. The Labute approximate surface area is 264 Å². The van der Waals surface area contributed by atoms with Crippen LogP contribution in [-0.4, -0.2) is 80.6 Å². The number of aliphatic carboxylic acids is 2. The number of benzene rings is 2. The number of carbonyl (C=O) groups is 5. The molecule has 5 rings (SSSR count). The number of carbonyl (C=O) groups excluding carboxylic acids is 3. The van der Waals surface area contributed by atoms with Gasteiger partial charge in [-0.15, -0.1) is 0 Å². The van der Waals surface area contributed by atoms with Crippen molar-refractivity contribution in [1.82, 2.24) is 14.8 Å². The molecule has 14 nitrogen and oxygen atoms in total. The average molecular weight is 632 g/mol. The van der Waals surface area contributed by atoms with E-state index in [1.165, 1.54) is 9.80 Å². The van der Waals surface area contributed by atoms with E-state index in [-0.39, 0.29) is 42.4 Å². The summed E-state index contributed by atoms with van der Waals surface area (Å²) in [5.74, 6) is -2.79. The zero-order chi connectivity index (χ0) is 33.2. The normalized spacial score (nSPS) is 21.5. The maximum atomic E-state index is 13.7. The Hall–Kier alpha value is -5.40. The number of rotatable bonds is 8. The molecule has 5 amide bonds. The number of fused-ring (bicyclic) bond motifs is 1. The summed E-state index contributed by atoms with van der Waals surface area (Å²) in [6, 6.07) is 11.1. The number of primary amides is 2. The Kier molecular flexibility index (Phi) is 8.98. The van der Waals surface area contributed by atoms with Crippen molar-refractivity contribution in [3.05, 3.63) is 65.9 Å². The van der Waals surface area contributed by atoms with E-state index >= 15 is 0 Å². The smallest absolute Gasteiger partial charge is 0.323 e. The summed E-state index contributed by atoms with van der Waals surface area (Å²) < 4.78 is 0. The van der Waals surface area contributed by atoms with Crippen LogP contribution in [0.4, 0.5) is 21.1 Å². The Bertz CT molecular complexity index is 1680. The molecule has 2 fully saturated rings. The van der Waals surface area contributed by atoms with Gasteiger partial charge in [-0.3, -0.25) is 19.3 Å². The molecule has 2 aliphatic heterocycles. The quantitative estimate of drug-likeness (QED) is 0.246. The van der Waals surface area contributed by atoms with Crippen LogP contribution in [0.1, 0.15) is 54.4 Å². The predicted octanol–water partition coefficient (Wildman–Crippen LogP) is 2.94. The Morgan fingerprint density at radius 1 is 0.935 bits per heavy atom. The second-order valence-corrected chi connectivity index (χ2v) is 11.9. The molecular weight excluding hydrogens is 594 g/mol. The molecule has 8 N–H and O–H groups in total. The summed E-state index contributed by atoms with van der Waals surface area (Å²) in [6.07, 6.45) is 3.98. The molecule has 0 aliphatic carbocycles. The lowest BCUT2D eigenvalue weighted by Gasteiger charge is -2.56. The molecule has 2 saturated heterocycles. The van der Waals surface area contributed by atoms with Crippen LogP contribution in [0.15, 0.2) is 54.7 Å². The monoisotopic (exact) mass is 631 g/mol. The molecule has 3 heterocycles. The zero-order valence-corrected chi connectivity index (χ0v) is 25.2. The molecule has 0 spiro atoms. The number of likely N-dealkylation sites (tertiary alicyclic amines) is 2. The average Bonchev–Trinajstić information content (AvgIpc) is 3.03. The molecule has 2 aromatic carbocycles. The summed E-state index contributed by atoms with van der Waals surface area (Å²) in [5, 5.41) is 20.6. The van der Waals surface area contributed by atoms with Crippen molar-refractivity contribution in [1.29, 1.82) is 0 Å².